The summed E-state index contributed by atoms with van der Waals surface area (Å²) in [7, 11) is 0. The summed E-state index contributed by atoms with van der Waals surface area (Å²) < 4.78 is 10.4. The van der Waals surface area contributed by atoms with E-state index < -0.39 is 0 Å². The van der Waals surface area contributed by atoms with Crippen molar-refractivity contribution in [1.29, 1.82) is 0 Å². The molecule has 1 rings (SSSR count). The second kappa shape index (κ2) is 7.63. The van der Waals surface area contributed by atoms with Crippen LogP contribution in [-0.4, -0.2) is 31.8 Å². The molecule has 0 aliphatic heterocycles. The van der Waals surface area contributed by atoms with Crippen LogP contribution in [0.4, 0.5) is 0 Å². The topological polar surface area (TPSA) is 61.5 Å². The number of ether oxygens (including phenoxy) is 2. The second-order valence-electron chi connectivity index (χ2n) is 4.33. The summed E-state index contributed by atoms with van der Waals surface area (Å²) in [6.07, 6.45) is 5.01. The van der Waals surface area contributed by atoms with E-state index in [1.807, 2.05) is 6.92 Å². The Morgan fingerprint density at radius 3 is 2.69 bits per heavy atom. The zero-order valence-electron chi connectivity index (χ0n) is 10.1. The van der Waals surface area contributed by atoms with Crippen molar-refractivity contribution >= 4 is 5.97 Å². The van der Waals surface area contributed by atoms with E-state index in [4.69, 9.17) is 15.2 Å². The molecule has 4 heteroatoms. The molecule has 0 bridgehead atoms. The average Bonchev–Trinajstić information content (AvgIpc) is 2.29. The molecule has 2 atom stereocenters. The first-order valence-corrected chi connectivity index (χ1v) is 6.25. The summed E-state index contributed by atoms with van der Waals surface area (Å²) in [4.78, 5) is 11.7. The molecule has 0 heterocycles. The number of hydrogen-bond donors (Lipinski definition) is 1. The van der Waals surface area contributed by atoms with Crippen molar-refractivity contribution in [2.75, 3.05) is 19.8 Å². The van der Waals surface area contributed by atoms with Gasteiger partial charge in [-0.2, -0.15) is 0 Å². The smallest absolute Gasteiger partial charge is 0.310 e. The minimum atomic E-state index is -0.146. The largest absolute Gasteiger partial charge is 0.463 e. The summed E-state index contributed by atoms with van der Waals surface area (Å²) in [6, 6.07) is -0.0159. The molecule has 0 spiro atoms. The number of esters is 1. The van der Waals surface area contributed by atoms with Crippen LogP contribution in [0.1, 0.15) is 39.0 Å². The third kappa shape index (κ3) is 4.49. The SMILES string of the molecule is CCCOCCOC(=O)C1CCCCC1N. The molecule has 1 saturated carbocycles. The fourth-order valence-corrected chi connectivity index (χ4v) is 2.01. The van der Waals surface area contributed by atoms with Gasteiger partial charge in [0.2, 0.25) is 0 Å². The summed E-state index contributed by atoms with van der Waals surface area (Å²) >= 11 is 0. The number of rotatable bonds is 6. The highest BCUT2D eigenvalue weighted by Gasteiger charge is 2.29. The van der Waals surface area contributed by atoms with Crippen molar-refractivity contribution < 1.29 is 14.3 Å². The minimum absolute atomic E-state index is 0.0159. The van der Waals surface area contributed by atoms with Gasteiger partial charge in [0.05, 0.1) is 12.5 Å². The normalized spacial score (nSPS) is 25.4. The minimum Gasteiger partial charge on any atom is -0.463 e. The van der Waals surface area contributed by atoms with Gasteiger partial charge in [0.15, 0.2) is 0 Å². The zero-order valence-corrected chi connectivity index (χ0v) is 10.1. The van der Waals surface area contributed by atoms with E-state index in [-0.39, 0.29) is 17.9 Å². The van der Waals surface area contributed by atoms with Gasteiger partial charge in [0.1, 0.15) is 6.61 Å². The molecule has 0 aromatic heterocycles. The van der Waals surface area contributed by atoms with Gasteiger partial charge in [-0.25, -0.2) is 0 Å². The Hall–Kier alpha value is -0.610. The van der Waals surface area contributed by atoms with E-state index in [0.717, 1.165) is 38.7 Å². The summed E-state index contributed by atoms with van der Waals surface area (Å²) in [5.41, 5.74) is 5.90. The molecule has 0 radical (unpaired) electrons. The number of carbonyl (C=O) groups excluding carboxylic acids is 1. The maximum Gasteiger partial charge on any atom is 0.310 e. The Balaban J connectivity index is 2.13. The van der Waals surface area contributed by atoms with E-state index in [9.17, 15) is 4.79 Å². The first kappa shape index (κ1) is 13.5. The summed E-state index contributed by atoms with van der Waals surface area (Å²) in [5, 5.41) is 0. The van der Waals surface area contributed by atoms with Crippen molar-refractivity contribution in [3.8, 4) is 0 Å². The van der Waals surface area contributed by atoms with Gasteiger partial charge in [0.25, 0.3) is 0 Å². The number of carbonyl (C=O) groups is 1. The van der Waals surface area contributed by atoms with Crippen LogP contribution in [-0.2, 0) is 14.3 Å². The Morgan fingerprint density at radius 2 is 2.00 bits per heavy atom. The van der Waals surface area contributed by atoms with E-state index >= 15 is 0 Å². The highest BCUT2D eigenvalue weighted by Crippen LogP contribution is 2.23. The molecule has 2 unspecified atom stereocenters. The van der Waals surface area contributed by atoms with Crippen LogP contribution < -0.4 is 5.73 Å². The predicted octanol–water partition coefficient (Wildman–Crippen LogP) is 1.47. The van der Waals surface area contributed by atoms with Gasteiger partial charge in [-0.1, -0.05) is 19.8 Å². The van der Waals surface area contributed by atoms with Crippen molar-refractivity contribution in [3.05, 3.63) is 0 Å². The lowest BCUT2D eigenvalue weighted by Crippen LogP contribution is -2.39. The maximum absolute atomic E-state index is 11.7. The fourth-order valence-electron chi connectivity index (χ4n) is 2.01. The Kier molecular flexibility index (Phi) is 6.42. The molecule has 1 fully saturated rings. The second-order valence-corrected chi connectivity index (χ2v) is 4.33. The van der Waals surface area contributed by atoms with E-state index in [1.54, 1.807) is 0 Å². The van der Waals surface area contributed by atoms with Crippen LogP contribution in [0.2, 0.25) is 0 Å². The lowest BCUT2D eigenvalue weighted by atomic mass is 9.85. The lowest BCUT2D eigenvalue weighted by Gasteiger charge is -2.26. The summed E-state index contributed by atoms with van der Waals surface area (Å²) in [5.74, 6) is -0.243. The molecular formula is C12H23NO3. The van der Waals surface area contributed by atoms with Crippen molar-refractivity contribution in [2.24, 2.45) is 11.7 Å². The molecule has 0 aromatic carbocycles. The Bertz CT molecular complexity index is 208. The highest BCUT2D eigenvalue weighted by atomic mass is 16.6. The van der Waals surface area contributed by atoms with Gasteiger partial charge in [-0.05, 0) is 19.3 Å². The maximum atomic E-state index is 11.7. The van der Waals surface area contributed by atoms with Crippen LogP contribution in [0.15, 0.2) is 0 Å². The fraction of sp³-hybridized carbons (Fsp3) is 0.917. The Labute approximate surface area is 97.5 Å². The highest BCUT2D eigenvalue weighted by molar-refractivity contribution is 5.73. The molecule has 4 nitrogen and oxygen atoms in total. The number of hydrogen-bond acceptors (Lipinski definition) is 4. The first-order valence-electron chi connectivity index (χ1n) is 6.25. The van der Waals surface area contributed by atoms with Gasteiger partial charge < -0.3 is 15.2 Å². The van der Waals surface area contributed by atoms with Crippen molar-refractivity contribution in [2.45, 2.75) is 45.1 Å². The average molecular weight is 229 g/mol. The molecular weight excluding hydrogens is 206 g/mol. The van der Waals surface area contributed by atoms with Crippen LogP contribution in [0.3, 0.4) is 0 Å². The van der Waals surface area contributed by atoms with Gasteiger partial charge in [-0.3, -0.25) is 4.79 Å². The molecule has 94 valence electrons. The standard InChI is InChI=1S/C12H23NO3/c1-2-7-15-8-9-16-12(14)10-5-3-4-6-11(10)13/h10-11H,2-9,13H2,1H3. The third-order valence-electron chi connectivity index (χ3n) is 2.94. The molecule has 16 heavy (non-hydrogen) atoms. The number of nitrogens with two attached hydrogens (primary N) is 1. The van der Waals surface area contributed by atoms with Crippen LogP contribution in [0.5, 0.6) is 0 Å². The molecule has 1 aliphatic carbocycles. The monoisotopic (exact) mass is 229 g/mol. The molecule has 0 aromatic rings. The van der Waals surface area contributed by atoms with Gasteiger partial charge in [-0.15, -0.1) is 0 Å². The lowest BCUT2D eigenvalue weighted by molar-refractivity contribution is -0.151. The third-order valence-corrected chi connectivity index (χ3v) is 2.94. The van der Waals surface area contributed by atoms with Crippen molar-refractivity contribution in [3.63, 3.8) is 0 Å². The first-order chi connectivity index (χ1) is 7.75. The van der Waals surface area contributed by atoms with Gasteiger partial charge >= 0.3 is 5.97 Å². The summed E-state index contributed by atoms with van der Waals surface area (Å²) in [6.45, 7) is 3.61. The predicted molar refractivity (Wildman–Crippen MR) is 62.0 cm³/mol. The molecule has 0 saturated heterocycles. The molecule has 2 N–H and O–H groups in total. The quantitative estimate of drug-likeness (QED) is 0.553. The van der Waals surface area contributed by atoms with Gasteiger partial charge in [0, 0.05) is 12.6 Å². The van der Waals surface area contributed by atoms with E-state index in [2.05, 4.69) is 0 Å². The van der Waals surface area contributed by atoms with Crippen molar-refractivity contribution in [1.82, 2.24) is 0 Å². The Morgan fingerprint density at radius 1 is 1.25 bits per heavy atom. The van der Waals surface area contributed by atoms with E-state index in [1.165, 1.54) is 0 Å². The zero-order chi connectivity index (χ0) is 11.8. The van der Waals surface area contributed by atoms with E-state index in [0.29, 0.717) is 13.2 Å². The van der Waals surface area contributed by atoms with Crippen LogP contribution in [0.25, 0.3) is 0 Å². The van der Waals surface area contributed by atoms with Crippen LogP contribution >= 0.6 is 0 Å². The van der Waals surface area contributed by atoms with Crippen LogP contribution in [0, 0.1) is 5.92 Å². The molecule has 1 aliphatic rings. The molecule has 0 amide bonds.